The van der Waals surface area contributed by atoms with Crippen LogP contribution in [0, 0.1) is 0 Å². The first-order valence-electron chi connectivity index (χ1n) is 9.29. The van der Waals surface area contributed by atoms with Gasteiger partial charge in [0.1, 0.15) is 17.2 Å². The molecule has 3 aromatic heterocycles. The van der Waals surface area contributed by atoms with Crippen LogP contribution in [-0.4, -0.2) is 33.7 Å². The van der Waals surface area contributed by atoms with Crippen LogP contribution in [0.5, 0.6) is 11.5 Å². The Morgan fingerprint density at radius 2 is 1.83 bits per heavy atom. The third-order valence-electron chi connectivity index (χ3n) is 4.51. The fourth-order valence-corrected chi connectivity index (χ4v) is 3.01. The summed E-state index contributed by atoms with van der Waals surface area (Å²) in [6, 6.07) is 12.8. The summed E-state index contributed by atoms with van der Waals surface area (Å²) < 4.78 is 11.0. The molecule has 1 aromatic carbocycles. The summed E-state index contributed by atoms with van der Waals surface area (Å²) >= 11 is 0. The number of rotatable bonds is 7. The predicted molar refractivity (Wildman–Crippen MR) is 117 cm³/mol. The lowest BCUT2D eigenvalue weighted by atomic mass is 10.1. The molecular formula is C22H21ClN4O3. The van der Waals surface area contributed by atoms with Gasteiger partial charge in [-0.2, -0.15) is 0 Å². The lowest BCUT2D eigenvalue weighted by Crippen LogP contribution is -2.10. The van der Waals surface area contributed by atoms with Crippen molar-refractivity contribution in [1.82, 2.24) is 19.9 Å². The van der Waals surface area contributed by atoms with Crippen LogP contribution in [0.15, 0.2) is 65.8 Å². The van der Waals surface area contributed by atoms with E-state index in [1.807, 2.05) is 18.2 Å². The summed E-state index contributed by atoms with van der Waals surface area (Å²) in [5, 5.41) is 0.475. The average Bonchev–Trinajstić information content (AvgIpc) is 2.77. The van der Waals surface area contributed by atoms with Crippen LogP contribution in [0.2, 0.25) is 0 Å². The average molecular weight is 425 g/mol. The van der Waals surface area contributed by atoms with Gasteiger partial charge in [0.05, 0.1) is 24.6 Å². The first-order chi connectivity index (χ1) is 14.2. The van der Waals surface area contributed by atoms with Crippen molar-refractivity contribution in [2.24, 2.45) is 0 Å². The van der Waals surface area contributed by atoms with Crippen LogP contribution in [0.4, 0.5) is 0 Å². The quantitative estimate of drug-likeness (QED) is 0.453. The molecule has 30 heavy (non-hydrogen) atoms. The maximum atomic E-state index is 12.6. The highest BCUT2D eigenvalue weighted by atomic mass is 35.5. The largest absolute Gasteiger partial charge is 0.497 e. The molecular weight excluding hydrogens is 404 g/mol. The van der Waals surface area contributed by atoms with Crippen molar-refractivity contribution >= 4 is 23.3 Å². The fraction of sp³-hybridized carbons (Fsp3) is 0.182. The Morgan fingerprint density at radius 1 is 1.00 bits per heavy atom. The van der Waals surface area contributed by atoms with Gasteiger partial charge in [0.25, 0.3) is 5.56 Å². The van der Waals surface area contributed by atoms with Crippen molar-refractivity contribution in [2.45, 2.75) is 12.8 Å². The number of fused-ring (bicyclic) bond motifs is 1. The summed E-state index contributed by atoms with van der Waals surface area (Å²) in [5.41, 5.74) is 2.11. The number of hydrogen-bond donors (Lipinski definition) is 1. The fourth-order valence-electron chi connectivity index (χ4n) is 3.01. The zero-order valence-corrected chi connectivity index (χ0v) is 17.2. The van der Waals surface area contributed by atoms with Crippen LogP contribution in [-0.2, 0) is 6.42 Å². The number of H-pyrrole nitrogens is 1. The second-order valence-electron chi connectivity index (χ2n) is 6.48. The van der Waals surface area contributed by atoms with E-state index in [-0.39, 0.29) is 18.0 Å². The number of methoxy groups -OCH3 is 1. The Kier molecular flexibility index (Phi) is 6.98. The molecule has 4 rings (SSSR count). The van der Waals surface area contributed by atoms with Crippen molar-refractivity contribution in [2.75, 3.05) is 13.7 Å². The second-order valence-corrected chi connectivity index (χ2v) is 6.48. The van der Waals surface area contributed by atoms with Crippen LogP contribution in [0.3, 0.4) is 0 Å². The molecule has 0 saturated carbocycles. The van der Waals surface area contributed by atoms with Crippen molar-refractivity contribution in [3.63, 3.8) is 0 Å². The van der Waals surface area contributed by atoms with Gasteiger partial charge in [-0.1, -0.05) is 0 Å². The molecule has 0 radical (unpaired) electrons. The zero-order chi connectivity index (χ0) is 20.1. The molecule has 0 aliphatic carbocycles. The van der Waals surface area contributed by atoms with Crippen molar-refractivity contribution < 1.29 is 9.47 Å². The van der Waals surface area contributed by atoms with E-state index in [0.29, 0.717) is 40.5 Å². The maximum absolute atomic E-state index is 12.6. The Balaban J connectivity index is 0.00000256. The molecule has 4 aromatic rings. The molecule has 154 valence electrons. The van der Waals surface area contributed by atoms with Gasteiger partial charge >= 0.3 is 0 Å². The van der Waals surface area contributed by atoms with E-state index in [2.05, 4.69) is 19.9 Å². The molecule has 3 heterocycles. The molecule has 0 fully saturated rings. The topological polar surface area (TPSA) is 90.0 Å². The van der Waals surface area contributed by atoms with E-state index in [1.54, 1.807) is 50.0 Å². The SMILES string of the molecule is COc1ccnc(-c2nc3ccc(OCCCc4ccncc4)cc3c(=O)[nH]2)c1.Cl. The minimum Gasteiger partial charge on any atom is -0.497 e. The Labute approximate surface area is 179 Å². The van der Waals surface area contributed by atoms with E-state index in [1.165, 1.54) is 5.56 Å². The highest BCUT2D eigenvalue weighted by Gasteiger charge is 2.09. The molecule has 1 N–H and O–H groups in total. The van der Waals surface area contributed by atoms with Gasteiger partial charge in [-0.25, -0.2) is 4.98 Å². The number of aromatic amines is 1. The van der Waals surface area contributed by atoms with Crippen LogP contribution >= 0.6 is 12.4 Å². The van der Waals surface area contributed by atoms with E-state index in [0.717, 1.165) is 12.8 Å². The predicted octanol–water partition coefficient (Wildman–Crippen LogP) is 3.82. The van der Waals surface area contributed by atoms with Crippen LogP contribution in [0.25, 0.3) is 22.4 Å². The number of pyridine rings is 2. The molecule has 0 saturated heterocycles. The highest BCUT2D eigenvalue weighted by Crippen LogP contribution is 2.21. The lowest BCUT2D eigenvalue weighted by molar-refractivity contribution is 0.311. The van der Waals surface area contributed by atoms with E-state index in [4.69, 9.17) is 9.47 Å². The highest BCUT2D eigenvalue weighted by molar-refractivity contribution is 5.85. The van der Waals surface area contributed by atoms with Gasteiger partial charge in [-0.15, -0.1) is 12.4 Å². The summed E-state index contributed by atoms with van der Waals surface area (Å²) in [6.45, 7) is 0.560. The lowest BCUT2D eigenvalue weighted by Gasteiger charge is -2.08. The number of aryl methyl sites for hydroxylation is 1. The van der Waals surface area contributed by atoms with Gasteiger partial charge in [-0.05, 0) is 54.8 Å². The van der Waals surface area contributed by atoms with Crippen LogP contribution < -0.4 is 15.0 Å². The smallest absolute Gasteiger partial charge is 0.259 e. The maximum Gasteiger partial charge on any atom is 0.259 e. The summed E-state index contributed by atoms with van der Waals surface area (Å²) in [4.78, 5) is 28.2. The van der Waals surface area contributed by atoms with Crippen molar-refractivity contribution in [3.8, 4) is 23.0 Å². The molecule has 0 spiro atoms. The van der Waals surface area contributed by atoms with E-state index < -0.39 is 0 Å². The van der Waals surface area contributed by atoms with Gasteiger partial charge < -0.3 is 14.5 Å². The first kappa shape index (κ1) is 21.3. The van der Waals surface area contributed by atoms with E-state index >= 15 is 0 Å². The third-order valence-corrected chi connectivity index (χ3v) is 4.51. The molecule has 7 nitrogen and oxygen atoms in total. The molecule has 0 amide bonds. The van der Waals surface area contributed by atoms with Gasteiger partial charge in [0.15, 0.2) is 5.82 Å². The number of hydrogen-bond acceptors (Lipinski definition) is 6. The van der Waals surface area contributed by atoms with Crippen molar-refractivity contribution in [1.29, 1.82) is 0 Å². The van der Waals surface area contributed by atoms with E-state index in [9.17, 15) is 4.79 Å². The van der Waals surface area contributed by atoms with Gasteiger partial charge in [-0.3, -0.25) is 14.8 Å². The van der Waals surface area contributed by atoms with Crippen molar-refractivity contribution in [3.05, 3.63) is 77.0 Å². The number of halogens is 1. The second kappa shape index (κ2) is 9.84. The molecule has 0 unspecified atom stereocenters. The summed E-state index contributed by atoms with van der Waals surface area (Å²) in [7, 11) is 1.58. The number of aromatic nitrogens is 4. The van der Waals surface area contributed by atoms with Crippen LogP contribution in [0.1, 0.15) is 12.0 Å². The summed E-state index contributed by atoms with van der Waals surface area (Å²) in [6.07, 6.45) is 6.97. The third kappa shape index (κ3) is 4.93. The monoisotopic (exact) mass is 424 g/mol. The minimum absolute atomic E-state index is 0. The number of benzene rings is 1. The zero-order valence-electron chi connectivity index (χ0n) is 16.4. The number of ether oxygens (including phenoxy) is 2. The Morgan fingerprint density at radius 3 is 2.63 bits per heavy atom. The van der Waals surface area contributed by atoms with Gasteiger partial charge in [0, 0.05) is 24.7 Å². The standard InChI is InChI=1S/C22H20N4O3.ClH/c1-28-16-8-11-24-20(14-16)21-25-19-5-4-17(13-18(19)22(27)26-21)29-12-2-3-15-6-9-23-10-7-15;/h4-11,13-14H,2-3,12H2,1H3,(H,25,26,27);1H. The molecule has 0 atom stereocenters. The number of nitrogens with zero attached hydrogens (tertiary/aromatic N) is 3. The minimum atomic E-state index is -0.239. The van der Waals surface area contributed by atoms with Gasteiger partial charge in [0.2, 0.25) is 0 Å². The Hall–Kier alpha value is -3.45. The molecule has 0 aliphatic rings. The molecule has 0 bridgehead atoms. The summed E-state index contributed by atoms with van der Waals surface area (Å²) in [5.74, 6) is 1.69. The normalized spacial score (nSPS) is 10.4. The first-order valence-corrected chi connectivity index (χ1v) is 9.29. The Bertz CT molecular complexity index is 1180. The molecule has 8 heteroatoms. The molecule has 0 aliphatic heterocycles. The number of nitrogens with one attached hydrogen (secondary N) is 1.